The lowest BCUT2D eigenvalue weighted by molar-refractivity contribution is 0.0746. The van der Waals surface area contributed by atoms with Crippen LogP contribution >= 0.6 is 0 Å². The third-order valence-corrected chi connectivity index (χ3v) is 4.37. The number of carbonyl (C=O) groups is 1. The van der Waals surface area contributed by atoms with Gasteiger partial charge in [-0.2, -0.15) is 0 Å². The lowest BCUT2D eigenvalue weighted by Crippen LogP contribution is -2.48. The highest BCUT2D eigenvalue weighted by Gasteiger charge is 2.23. The highest BCUT2D eigenvalue weighted by Crippen LogP contribution is 2.29. The minimum Gasteiger partial charge on any atom is -0.493 e. The van der Waals surface area contributed by atoms with Crippen molar-refractivity contribution in [3.63, 3.8) is 0 Å². The maximum absolute atomic E-state index is 12.8. The summed E-state index contributed by atoms with van der Waals surface area (Å²) in [6.07, 6.45) is 3.63. The van der Waals surface area contributed by atoms with Crippen LogP contribution in [0.25, 0.3) is 0 Å². The van der Waals surface area contributed by atoms with Crippen LogP contribution in [-0.4, -0.2) is 55.2 Å². The van der Waals surface area contributed by atoms with Gasteiger partial charge in [0.25, 0.3) is 5.91 Å². The molecule has 1 amide bonds. The van der Waals surface area contributed by atoms with Crippen LogP contribution in [0.3, 0.4) is 0 Å². The van der Waals surface area contributed by atoms with Crippen molar-refractivity contribution in [1.82, 2.24) is 9.88 Å². The van der Waals surface area contributed by atoms with E-state index in [2.05, 4.69) is 9.88 Å². The van der Waals surface area contributed by atoms with Crippen LogP contribution in [-0.2, 0) is 0 Å². The van der Waals surface area contributed by atoms with Gasteiger partial charge >= 0.3 is 0 Å². The van der Waals surface area contributed by atoms with E-state index in [1.54, 1.807) is 37.7 Å². The quantitative estimate of drug-likeness (QED) is 0.825. The molecule has 2 aromatic rings. The summed E-state index contributed by atoms with van der Waals surface area (Å²) >= 11 is 0. The monoisotopic (exact) mass is 355 g/mol. The highest BCUT2D eigenvalue weighted by molar-refractivity contribution is 5.95. The molecule has 1 saturated heterocycles. The number of rotatable bonds is 5. The lowest BCUT2D eigenvalue weighted by atomic mass is 10.1. The van der Waals surface area contributed by atoms with Gasteiger partial charge < -0.3 is 19.3 Å². The van der Waals surface area contributed by atoms with E-state index in [0.29, 0.717) is 30.2 Å². The Hall–Kier alpha value is -2.76. The van der Waals surface area contributed by atoms with Gasteiger partial charge in [0.1, 0.15) is 0 Å². The van der Waals surface area contributed by atoms with Gasteiger partial charge in [-0.3, -0.25) is 9.78 Å². The number of hydrogen-bond acceptors (Lipinski definition) is 5. The van der Waals surface area contributed by atoms with Crippen molar-refractivity contribution >= 4 is 11.6 Å². The van der Waals surface area contributed by atoms with Gasteiger partial charge in [0.05, 0.1) is 13.2 Å². The molecule has 1 aromatic heterocycles. The normalized spacial score (nSPS) is 14.5. The molecule has 0 saturated carbocycles. The number of methoxy groups -OCH3 is 1. The first-order valence-electron chi connectivity index (χ1n) is 8.87. The first-order chi connectivity index (χ1) is 12.6. The number of ether oxygens (including phenoxy) is 2. The Bertz CT molecular complexity index is 741. The molecule has 6 heteroatoms. The molecule has 0 atom stereocenters. The molecule has 0 spiro atoms. The third kappa shape index (κ3) is 4.07. The molecule has 0 aliphatic carbocycles. The van der Waals surface area contributed by atoms with Gasteiger partial charge in [0.15, 0.2) is 11.5 Å². The van der Waals surface area contributed by atoms with Crippen molar-refractivity contribution in [3.8, 4) is 11.5 Å². The molecule has 1 fully saturated rings. The lowest BCUT2D eigenvalue weighted by Gasteiger charge is -2.36. The molecule has 0 unspecified atom stereocenters. The molecular weight excluding hydrogens is 330 g/mol. The van der Waals surface area contributed by atoms with Crippen molar-refractivity contribution in [1.29, 1.82) is 0 Å². The summed E-state index contributed by atoms with van der Waals surface area (Å²) in [5, 5.41) is 0. The Kier molecular flexibility index (Phi) is 5.61. The molecule has 0 radical (unpaired) electrons. The highest BCUT2D eigenvalue weighted by atomic mass is 16.5. The Morgan fingerprint density at radius 2 is 1.73 bits per heavy atom. The first kappa shape index (κ1) is 18.0. The van der Waals surface area contributed by atoms with Crippen LogP contribution in [0.15, 0.2) is 42.7 Å². The predicted octanol–water partition coefficient (Wildman–Crippen LogP) is 2.84. The van der Waals surface area contributed by atoms with E-state index in [4.69, 9.17) is 9.47 Å². The number of amides is 1. The van der Waals surface area contributed by atoms with Crippen LogP contribution in [0.2, 0.25) is 0 Å². The maximum Gasteiger partial charge on any atom is 0.254 e. The second-order valence-corrected chi connectivity index (χ2v) is 6.52. The van der Waals surface area contributed by atoms with E-state index >= 15 is 0 Å². The second kappa shape index (κ2) is 8.08. The van der Waals surface area contributed by atoms with Gasteiger partial charge in [0.2, 0.25) is 0 Å². The summed E-state index contributed by atoms with van der Waals surface area (Å²) < 4.78 is 11.1. The summed E-state index contributed by atoms with van der Waals surface area (Å²) in [5.74, 6) is 1.26. The van der Waals surface area contributed by atoms with Crippen molar-refractivity contribution in [2.24, 2.45) is 0 Å². The van der Waals surface area contributed by atoms with Crippen LogP contribution in [0, 0.1) is 0 Å². The summed E-state index contributed by atoms with van der Waals surface area (Å²) in [6, 6.07) is 9.36. The number of aromatic nitrogens is 1. The Labute approximate surface area is 154 Å². The number of carbonyl (C=O) groups excluding carboxylic acids is 1. The topological polar surface area (TPSA) is 54.9 Å². The number of anilines is 1. The van der Waals surface area contributed by atoms with Gasteiger partial charge in [-0.1, -0.05) is 0 Å². The van der Waals surface area contributed by atoms with E-state index in [0.717, 1.165) is 18.8 Å². The molecule has 2 heterocycles. The minimum absolute atomic E-state index is 0.0220. The Balaban J connectivity index is 1.66. The molecular formula is C20H25N3O3. The standard InChI is InChI=1S/C20H25N3O3/c1-15(2)26-18-5-4-16(14-19(18)25-3)20(24)23-12-10-22(11-13-23)17-6-8-21-9-7-17/h4-9,14-15H,10-13H2,1-3H3. The van der Waals surface area contributed by atoms with E-state index in [9.17, 15) is 4.79 Å². The van der Waals surface area contributed by atoms with Crippen LogP contribution in [0.4, 0.5) is 5.69 Å². The number of piperazine rings is 1. The zero-order valence-corrected chi connectivity index (χ0v) is 15.5. The average molecular weight is 355 g/mol. The fourth-order valence-corrected chi connectivity index (χ4v) is 3.06. The Morgan fingerprint density at radius 3 is 2.35 bits per heavy atom. The second-order valence-electron chi connectivity index (χ2n) is 6.52. The fourth-order valence-electron chi connectivity index (χ4n) is 3.06. The molecule has 0 bridgehead atoms. The van der Waals surface area contributed by atoms with Crippen molar-refractivity contribution in [2.75, 3.05) is 38.2 Å². The SMILES string of the molecule is COc1cc(C(=O)N2CCN(c3ccncc3)CC2)ccc1OC(C)C. The number of hydrogen-bond donors (Lipinski definition) is 0. The van der Waals surface area contributed by atoms with E-state index in [1.807, 2.05) is 30.9 Å². The molecule has 1 aliphatic heterocycles. The smallest absolute Gasteiger partial charge is 0.254 e. The van der Waals surface area contributed by atoms with E-state index < -0.39 is 0 Å². The molecule has 6 nitrogen and oxygen atoms in total. The molecule has 3 rings (SSSR count). The predicted molar refractivity (Wildman–Crippen MR) is 101 cm³/mol. The van der Waals surface area contributed by atoms with Crippen molar-refractivity contribution < 1.29 is 14.3 Å². The first-order valence-corrected chi connectivity index (χ1v) is 8.87. The number of nitrogens with zero attached hydrogens (tertiary/aromatic N) is 3. The maximum atomic E-state index is 12.8. The van der Waals surface area contributed by atoms with Crippen molar-refractivity contribution in [2.45, 2.75) is 20.0 Å². The van der Waals surface area contributed by atoms with Gasteiger partial charge in [-0.15, -0.1) is 0 Å². The van der Waals surface area contributed by atoms with Gasteiger partial charge in [-0.25, -0.2) is 0 Å². The van der Waals surface area contributed by atoms with Crippen LogP contribution in [0.5, 0.6) is 11.5 Å². The third-order valence-electron chi connectivity index (χ3n) is 4.37. The number of benzene rings is 1. The zero-order chi connectivity index (χ0) is 18.5. The summed E-state index contributed by atoms with van der Waals surface area (Å²) in [5.41, 5.74) is 1.76. The largest absolute Gasteiger partial charge is 0.493 e. The van der Waals surface area contributed by atoms with Crippen LogP contribution < -0.4 is 14.4 Å². The van der Waals surface area contributed by atoms with E-state index in [-0.39, 0.29) is 12.0 Å². The van der Waals surface area contributed by atoms with Gasteiger partial charge in [0, 0.05) is 49.8 Å². The fraction of sp³-hybridized carbons (Fsp3) is 0.400. The summed E-state index contributed by atoms with van der Waals surface area (Å²) in [4.78, 5) is 21.1. The molecule has 1 aliphatic rings. The number of pyridine rings is 1. The zero-order valence-electron chi connectivity index (χ0n) is 15.5. The van der Waals surface area contributed by atoms with E-state index in [1.165, 1.54) is 0 Å². The summed E-state index contributed by atoms with van der Waals surface area (Å²) in [6.45, 7) is 6.91. The van der Waals surface area contributed by atoms with Crippen LogP contribution in [0.1, 0.15) is 24.2 Å². The molecule has 0 N–H and O–H groups in total. The molecule has 1 aromatic carbocycles. The summed E-state index contributed by atoms with van der Waals surface area (Å²) in [7, 11) is 1.59. The van der Waals surface area contributed by atoms with Crippen molar-refractivity contribution in [3.05, 3.63) is 48.3 Å². The van der Waals surface area contributed by atoms with Gasteiger partial charge in [-0.05, 0) is 44.2 Å². The Morgan fingerprint density at radius 1 is 1.04 bits per heavy atom. The molecule has 26 heavy (non-hydrogen) atoms. The average Bonchev–Trinajstić information content (AvgIpc) is 2.68. The minimum atomic E-state index is 0.0220. The molecule has 138 valence electrons.